The number of ether oxygens (including phenoxy) is 3. The molecule has 2 saturated heterocycles. The third-order valence-electron chi connectivity index (χ3n) is 6.86. The van der Waals surface area contributed by atoms with Crippen molar-refractivity contribution >= 4 is 0 Å². The molecule has 9 atom stereocenters. The Kier molecular flexibility index (Phi) is 6.69. The van der Waals surface area contributed by atoms with Gasteiger partial charge in [-0.05, 0) is 33.0 Å². The minimum Gasteiger partial charge on any atom is -0.390 e. The average molecular weight is 438 g/mol. The summed E-state index contributed by atoms with van der Waals surface area (Å²) in [5.41, 5.74) is -0.572. The summed E-state index contributed by atoms with van der Waals surface area (Å²) in [5, 5.41) is 43.4. The van der Waals surface area contributed by atoms with Gasteiger partial charge >= 0.3 is 0 Å². The molecule has 6 N–H and O–H groups in total. The highest BCUT2D eigenvalue weighted by Crippen LogP contribution is 2.46. The molecule has 31 heavy (non-hydrogen) atoms. The molecule has 0 amide bonds. The number of hydrogen-bond acceptors (Lipinski definition) is 9. The Balaban J connectivity index is 1.54. The van der Waals surface area contributed by atoms with E-state index in [4.69, 9.17) is 14.2 Å². The summed E-state index contributed by atoms with van der Waals surface area (Å²) in [6.45, 7) is 2.47. The molecule has 1 unspecified atom stereocenters. The van der Waals surface area contributed by atoms with E-state index in [2.05, 4.69) is 16.0 Å². The molecular formula is C22H35N3O6. The van der Waals surface area contributed by atoms with Crippen LogP contribution in [0.1, 0.15) is 25.3 Å². The Morgan fingerprint density at radius 1 is 1.10 bits per heavy atom. The van der Waals surface area contributed by atoms with Crippen LogP contribution in [-0.4, -0.2) is 90.1 Å². The molecule has 0 aromatic heterocycles. The standard InChI is InChI=1S/C22H35N3O6/c1-13-10-21(27,12-25-11-14-7-5-4-6-8-14)22(28)20(29-13)30-16-9-15(23-2)18(26)17(24-3)19(16)31-22/h4-8,13,15-20,23-28H,9-12H2,1-3H3/t13-,15+,16?,17+,18+,19+,20+,21-,22-/m1/s1. The summed E-state index contributed by atoms with van der Waals surface area (Å²) in [6.07, 6.45) is -2.59. The van der Waals surface area contributed by atoms with Crippen molar-refractivity contribution in [3.05, 3.63) is 35.9 Å². The fourth-order valence-corrected chi connectivity index (χ4v) is 5.16. The van der Waals surface area contributed by atoms with E-state index in [1.165, 1.54) is 0 Å². The lowest BCUT2D eigenvalue weighted by atomic mass is 9.79. The zero-order valence-electron chi connectivity index (χ0n) is 18.3. The molecule has 4 rings (SSSR count). The Morgan fingerprint density at radius 2 is 1.84 bits per heavy atom. The van der Waals surface area contributed by atoms with Gasteiger partial charge in [-0.15, -0.1) is 0 Å². The van der Waals surface area contributed by atoms with Gasteiger partial charge in [-0.3, -0.25) is 0 Å². The number of hydrogen-bond donors (Lipinski definition) is 6. The zero-order valence-corrected chi connectivity index (χ0v) is 18.3. The molecule has 1 aromatic carbocycles. The first-order chi connectivity index (χ1) is 14.8. The van der Waals surface area contributed by atoms with Crippen LogP contribution in [0.4, 0.5) is 0 Å². The van der Waals surface area contributed by atoms with E-state index in [0.717, 1.165) is 5.56 Å². The SMILES string of the molecule is CN[C@H]1[C@@H](O)[C@@H](NC)CC2O[C@@H]3O[C@H](C)C[C@@](O)(CNCc4ccccc4)[C@]3(O)O[C@@H]21. The second-order valence-corrected chi connectivity index (χ2v) is 8.99. The molecule has 3 fully saturated rings. The quantitative estimate of drug-likeness (QED) is 0.334. The van der Waals surface area contributed by atoms with Gasteiger partial charge in [0.15, 0.2) is 0 Å². The maximum Gasteiger partial charge on any atom is 0.249 e. The first-order valence-corrected chi connectivity index (χ1v) is 11.0. The smallest absolute Gasteiger partial charge is 0.249 e. The maximum atomic E-state index is 11.6. The van der Waals surface area contributed by atoms with E-state index in [1.54, 1.807) is 14.1 Å². The molecule has 0 spiro atoms. The lowest BCUT2D eigenvalue weighted by Crippen LogP contribution is -2.79. The number of benzene rings is 1. The van der Waals surface area contributed by atoms with Gasteiger partial charge in [-0.25, -0.2) is 0 Å². The Morgan fingerprint density at radius 3 is 2.52 bits per heavy atom. The second kappa shape index (κ2) is 9.01. The molecule has 1 aliphatic carbocycles. The molecule has 2 aliphatic heterocycles. The lowest BCUT2D eigenvalue weighted by Gasteiger charge is -2.59. The third-order valence-corrected chi connectivity index (χ3v) is 6.86. The largest absolute Gasteiger partial charge is 0.390 e. The third kappa shape index (κ3) is 4.15. The van der Waals surface area contributed by atoms with Crippen LogP contribution >= 0.6 is 0 Å². The summed E-state index contributed by atoms with van der Waals surface area (Å²) in [6, 6.07) is 9.16. The van der Waals surface area contributed by atoms with Crippen LogP contribution in [0.25, 0.3) is 0 Å². The van der Waals surface area contributed by atoms with Crippen molar-refractivity contribution in [2.75, 3.05) is 20.6 Å². The van der Waals surface area contributed by atoms with Gasteiger partial charge in [0.25, 0.3) is 0 Å². The molecule has 174 valence electrons. The van der Waals surface area contributed by atoms with Crippen molar-refractivity contribution in [3.8, 4) is 0 Å². The average Bonchev–Trinajstić information content (AvgIpc) is 2.74. The minimum atomic E-state index is -2.08. The number of rotatable bonds is 6. The number of aliphatic hydroxyl groups is 3. The highest BCUT2D eigenvalue weighted by molar-refractivity contribution is 5.15. The normalized spacial score (nSPS) is 45.0. The summed E-state index contributed by atoms with van der Waals surface area (Å²) in [4.78, 5) is 0. The Labute approximate surface area is 183 Å². The van der Waals surface area contributed by atoms with Crippen molar-refractivity contribution in [2.45, 2.75) is 80.5 Å². The van der Waals surface area contributed by atoms with E-state index in [9.17, 15) is 15.3 Å². The van der Waals surface area contributed by atoms with Gasteiger partial charge in [-0.1, -0.05) is 30.3 Å². The van der Waals surface area contributed by atoms with Crippen molar-refractivity contribution in [1.82, 2.24) is 16.0 Å². The molecule has 2 heterocycles. The molecular weight excluding hydrogens is 402 g/mol. The lowest BCUT2D eigenvalue weighted by molar-refractivity contribution is -0.477. The predicted octanol–water partition coefficient (Wildman–Crippen LogP) is -0.945. The summed E-state index contributed by atoms with van der Waals surface area (Å²) < 4.78 is 18.2. The molecule has 9 nitrogen and oxygen atoms in total. The second-order valence-electron chi connectivity index (χ2n) is 8.99. The van der Waals surface area contributed by atoms with E-state index in [0.29, 0.717) is 13.0 Å². The van der Waals surface area contributed by atoms with Gasteiger partial charge in [-0.2, -0.15) is 0 Å². The Bertz CT molecular complexity index is 741. The topological polar surface area (TPSA) is 124 Å². The van der Waals surface area contributed by atoms with Crippen LogP contribution in [0.2, 0.25) is 0 Å². The van der Waals surface area contributed by atoms with Crippen LogP contribution in [0.5, 0.6) is 0 Å². The molecule has 1 saturated carbocycles. The Hall–Kier alpha value is -1.14. The van der Waals surface area contributed by atoms with Crippen molar-refractivity contribution in [3.63, 3.8) is 0 Å². The van der Waals surface area contributed by atoms with E-state index in [-0.39, 0.29) is 25.1 Å². The van der Waals surface area contributed by atoms with Crippen molar-refractivity contribution in [2.24, 2.45) is 0 Å². The van der Waals surface area contributed by atoms with Gasteiger partial charge in [0.1, 0.15) is 11.7 Å². The van der Waals surface area contributed by atoms with Gasteiger partial charge < -0.3 is 45.5 Å². The number of likely N-dealkylation sites (N-methyl/N-ethyl adjacent to an activating group) is 2. The van der Waals surface area contributed by atoms with Crippen molar-refractivity contribution < 1.29 is 29.5 Å². The maximum absolute atomic E-state index is 11.6. The van der Waals surface area contributed by atoms with E-state index in [1.807, 2.05) is 37.3 Å². The predicted molar refractivity (Wildman–Crippen MR) is 113 cm³/mol. The van der Waals surface area contributed by atoms with Crippen LogP contribution < -0.4 is 16.0 Å². The minimum absolute atomic E-state index is 0.0925. The first-order valence-electron chi connectivity index (χ1n) is 11.0. The highest BCUT2D eigenvalue weighted by Gasteiger charge is 2.67. The van der Waals surface area contributed by atoms with E-state index >= 15 is 0 Å². The van der Waals surface area contributed by atoms with Crippen LogP contribution in [-0.2, 0) is 20.8 Å². The fourth-order valence-electron chi connectivity index (χ4n) is 5.16. The number of nitrogens with one attached hydrogen (secondary N) is 3. The molecule has 3 aliphatic rings. The van der Waals surface area contributed by atoms with E-state index < -0.39 is 42.0 Å². The zero-order chi connectivity index (χ0) is 22.2. The van der Waals surface area contributed by atoms with Crippen molar-refractivity contribution in [1.29, 1.82) is 0 Å². The van der Waals surface area contributed by atoms with Crippen LogP contribution in [0.15, 0.2) is 30.3 Å². The summed E-state index contributed by atoms with van der Waals surface area (Å²) in [7, 11) is 3.52. The highest BCUT2D eigenvalue weighted by atomic mass is 16.8. The fraction of sp³-hybridized carbons (Fsp3) is 0.727. The van der Waals surface area contributed by atoms with Gasteiger partial charge in [0.2, 0.25) is 12.1 Å². The van der Waals surface area contributed by atoms with Gasteiger partial charge in [0.05, 0.1) is 24.4 Å². The molecule has 0 bridgehead atoms. The first kappa shape index (κ1) is 23.0. The molecule has 1 aromatic rings. The molecule has 9 heteroatoms. The molecule has 0 radical (unpaired) electrons. The summed E-state index contributed by atoms with van der Waals surface area (Å²) in [5.74, 6) is -2.08. The monoisotopic (exact) mass is 437 g/mol. The van der Waals surface area contributed by atoms with Crippen LogP contribution in [0.3, 0.4) is 0 Å². The van der Waals surface area contributed by atoms with Crippen LogP contribution in [0, 0.1) is 0 Å². The number of aliphatic hydroxyl groups excluding tert-OH is 1. The number of fused-ring (bicyclic) bond motifs is 2. The van der Waals surface area contributed by atoms with Gasteiger partial charge in [0, 0.05) is 25.6 Å². The summed E-state index contributed by atoms with van der Waals surface area (Å²) >= 11 is 0.